The van der Waals surface area contributed by atoms with Crippen molar-refractivity contribution in [3.05, 3.63) is 71.7 Å². The quantitative estimate of drug-likeness (QED) is 0.625. The highest BCUT2D eigenvalue weighted by molar-refractivity contribution is 5.56. The average molecular weight is 380 g/mol. The Morgan fingerprint density at radius 2 is 1.74 bits per heavy atom. The lowest BCUT2D eigenvalue weighted by atomic mass is 10.1. The number of pyridine rings is 1. The van der Waals surface area contributed by atoms with Crippen molar-refractivity contribution in [2.45, 2.75) is 19.1 Å². The van der Waals surface area contributed by atoms with Crippen molar-refractivity contribution in [2.75, 3.05) is 5.32 Å². The van der Waals surface area contributed by atoms with Gasteiger partial charge in [-0.3, -0.25) is 4.98 Å². The number of alkyl halides is 5. The molecule has 0 saturated heterocycles. The molecule has 4 nitrogen and oxygen atoms in total. The molecular formula is C18H13F5N4. The van der Waals surface area contributed by atoms with Gasteiger partial charge in [-0.15, -0.1) is 0 Å². The maximum absolute atomic E-state index is 13.1. The van der Waals surface area contributed by atoms with Crippen LogP contribution in [0.25, 0.3) is 11.4 Å². The molecule has 0 spiro atoms. The van der Waals surface area contributed by atoms with E-state index in [1.54, 1.807) is 12.1 Å². The van der Waals surface area contributed by atoms with E-state index >= 15 is 0 Å². The first kappa shape index (κ1) is 18.7. The van der Waals surface area contributed by atoms with Gasteiger partial charge in [-0.2, -0.15) is 13.2 Å². The summed E-state index contributed by atoms with van der Waals surface area (Å²) in [6.45, 7) is 0.115. The Hall–Kier alpha value is -3.10. The topological polar surface area (TPSA) is 50.7 Å². The van der Waals surface area contributed by atoms with Gasteiger partial charge in [0.2, 0.25) is 0 Å². The molecule has 1 aromatic carbocycles. The Bertz CT molecular complexity index is 896. The molecule has 0 bridgehead atoms. The fourth-order valence-corrected chi connectivity index (χ4v) is 2.28. The Morgan fingerprint density at radius 3 is 2.33 bits per heavy atom. The molecule has 140 valence electrons. The monoisotopic (exact) mass is 380 g/mol. The third-order valence-corrected chi connectivity index (χ3v) is 3.64. The highest BCUT2D eigenvalue weighted by atomic mass is 19.4. The maximum atomic E-state index is 13.1. The van der Waals surface area contributed by atoms with Crippen molar-refractivity contribution in [3.8, 4) is 11.4 Å². The number of hydrogen-bond donors (Lipinski definition) is 1. The van der Waals surface area contributed by atoms with Crippen molar-refractivity contribution >= 4 is 5.82 Å². The number of anilines is 1. The SMILES string of the molecule is FC(F)c1ccc(CNc2cc(C(F)(F)F)nc(-c3cccnc3)n2)cc1. The number of hydrogen-bond acceptors (Lipinski definition) is 4. The molecule has 0 aliphatic rings. The largest absolute Gasteiger partial charge is 0.433 e. The van der Waals surface area contributed by atoms with Crippen LogP contribution in [0, 0.1) is 0 Å². The van der Waals surface area contributed by atoms with E-state index < -0.39 is 18.3 Å². The van der Waals surface area contributed by atoms with E-state index in [1.807, 2.05) is 0 Å². The second kappa shape index (κ2) is 7.65. The van der Waals surface area contributed by atoms with Crippen molar-refractivity contribution in [1.29, 1.82) is 0 Å². The summed E-state index contributed by atoms with van der Waals surface area (Å²) in [5.74, 6) is -0.150. The first-order chi connectivity index (χ1) is 12.8. The number of nitrogens with one attached hydrogen (secondary N) is 1. The van der Waals surface area contributed by atoms with Gasteiger partial charge >= 0.3 is 6.18 Å². The van der Waals surface area contributed by atoms with Gasteiger partial charge in [0.15, 0.2) is 11.5 Å². The normalized spacial score (nSPS) is 11.6. The van der Waals surface area contributed by atoms with Crippen LogP contribution in [0.1, 0.15) is 23.2 Å². The molecule has 2 aromatic heterocycles. The molecule has 2 heterocycles. The molecule has 9 heteroatoms. The van der Waals surface area contributed by atoms with Crippen LogP contribution in [-0.4, -0.2) is 15.0 Å². The highest BCUT2D eigenvalue weighted by Crippen LogP contribution is 2.30. The lowest BCUT2D eigenvalue weighted by Crippen LogP contribution is -2.12. The lowest BCUT2D eigenvalue weighted by Gasteiger charge is -2.12. The molecule has 0 radical (unpaired) electrons. The standard InChI is InChI=1S/C18H13F5N4/c19-16(20)12-5-3-11(4-6-12)9-25-15-8-14(18(21,22)23)26-17(27-15)13-2-1-7-24-10-13/h1-8,10,16H,9H2,(H,25,26,27). The van der Waals surface area contributed by atoms with Gasteiger partial charge < -0.3 is 5.32 Å². The summed E-state index contributed by atoms with van der Waals surface area (Å²) in [6, 6.07) is 9.40. The number of halogens is 5. The van der Waals surface area contributed by atoms with Gasteiger partial charge in [-0.1, -0.05) is 24.3 Å². The zero-order valence-electron chi connectivity index (χ0n) is 13.7. The zero-order valence-corrected chi connectivity index (χ0v) is 13.7. The summed E-state index contributed by atoms with van der Waals surface area (Å²) in [7, 11) is 0. The minimum absolute atomic E-state index is 0.0332. The summed E-state index contributed by atoms with van der Waals surface area (Å²) in [5.41, 5.74) is -0.256. The first-order valence-corrected chi connectivity index (χ1v) is 7.80. The minimum Gasteiger partial charge on any atom is -0.366 e. The molecule has 3 aromatic rings. The van der Waals surface area contributed by atoms with E-state index in [1.165, 1.54) is 36.7 Å². The minimum atomic E-state index is -4.64. The van der Waals surface area contributed by atoms with Crippen molar-refractivity contribution in [2.24, 2.45) is 0 Å². The van der Waals surface area contributed by atoms with Crippen LogP contribution < -0.4 is 5.32 Å². The van der Waals surface area contributed by atoms with Crippen molar-refractivity contribution < 1.29 is 22.0 Å². The van der Waals surface area contributed by atoms with Gasteiger partial charge in [0.25, 0.3) is 6.43 Å². The molecular weight excluding hydrogens is 367 g/mol. The zero-order chi connectivity index (χ0) is 19.4. The smallest absolute Gasteiger partial charge is 0.366 e. The van der Waals surface area contributed by atoms with Crippen LogP contribution in [-0.2, 0) is 12.7 Å². The molecule has 0 fully saturated rings. The molecule has 0 unspecified atom stereocenters. The van der Waals surface area contributed by atoms with Gasteiger partial charge in [0.1, 0.15) is 5.82 Å². The predicted molar refractivity (Wildman–Crippen MR) is 89.0 cm³/mol. The summed E-state index contributed by atoms with van der Waals surface area (Å²) in [4.78, 5) is 11.5. The van der Waals surface area contributed by atoms with Gasteiger partial charge in [0, 0.05) is 36.1 Å². The van der Waals surface area contributed by atoms with Gasteiger partial charge in [-0.05, 0) is 17.7 Å². The number of aromatic nitrogens is 3. The van der Waals surface area contributed by atoms with Crippen LogP contribution in [0.2, 0.25) is 0 Å². The van der Waals surface area contributed by atoms with E-state index in [0.29, 0.717) is 11.1 Å². The molecule has 0 atom stereocenters. The molecule has 0 aliphatic heterocycles. The third-order valence-electron chi connectivity index (χ3n) is 3.64. The lowest BCUT2D eigenvalue weighted by molar-refractivity contribution is -0.141. The fraction of sp³-hybridized carbons (Fsp3) is 0.167. The van der Waals surface area contributed by atoms with Gasteiger partial charge in [-0.25, -0.2) is 18.7 Å². The third kappa shape index (κ3) is 4.75. The van der Waals surface area contributed by atoms with Crippen LogP contribution in [0.5, 0.6) is 0 Å². The molecule has 3 rings (SSSR count). The number of benzene rings is 1. The maximum Gasteiger partial charge on any atom is 0.433 e. The van der Waals surface area contributed by atoms with E-state index in [0.717, 1.165) is 6.07 Å². The van der Waals surface area contributed by atoms with Crippen LogP contribution >= 0.6 is 0 Å². The fourth-order valence-electron chi connectivity index (χ4n) is 2.28. The summed E-state index contributed by atoms with van der Waals surface area (Å²) in [6.07, 6.45) is -4.37. The van der Waals surface area contributed by atoms with E-state index in [2.05, 4.69) is 20.3 Å². The Morgan fingerprint density at radius 1 is 1.00 bits per heavy atom. The molecule has 0 aliphatic carbocycles. The van der Waals surface area contributed by atoms with Crippen LogP contribution in [0.3, 0.4) is 0 Å². The van der Waals surface area contributed by atoms with E-state index in [9.17, 15) is 22.0 Å². The average Bonchev–Trinajstić information content (AvgIpc) is 2.66. The summed E-state index contributed by atoms with van der Waals surface area (Å²) in [5, 5.41) is 2.77. The number of nitrogens with zero attached hydrogens (tertiary/aromatic N) is 3. The van der Waals surface area contributed by atoms with E-state index in [4.69, 9.17) is 0 Å². The second-order valence-corrected chi connectivity index (χ2v) is 5.60. The Kier molecular flexibility index (Phi) is 5.29. The molecule has 27 heavy (non-hydrogen) atoms. The Labute approximate surface area is 151 Å². The van der Waals surface area contributed by atoms with Gasteiger partial charge in [0.05, 0.1) is 0 Å². The summed E-state index contributed by atoms with van der Waals surface area (Å²) >= 11 is 0. The van der Waals surface area contributed by atoms with Crippen LogP contribution in [0.4, 0.5) is 27.8 Å². The molecule has 0 amide bonds. The van der Waals surface area contributed by atoms with Crippen molar-refractivity contribution in [3.63, 3.8) is 0 Å². The van der Waals surface area contributed by atoms with Crippen LogP contribution in [0.15, 0.2) is 54.9 Å². The van der Waals surface area contributed by atoms with Crippen molar-refractivity contribution in [1.82, 2.24) is 15.0 Å². The first-order valence-electron chi connectivity index (χ1n) is 7.80. The predicted octanol–water partition coefficient (Wildman–Crippen LogP) is 5.11. The Balaban J connectivity index is 1.85. The highest BCUT2D eigenvalue weighted by Gasteiger charge is 2.33. The van der Waals surface area contributed by atoms with E-state index in [-0.39, 0.29) is 23.8 Å². The summed E-state index contributed by atoms with van der Waals surface area (Å²) < 4.78 is 64.6. The molecule has 1 N–H and O–H groups in total. The molecule has 0 saturated carbocycles. The number of rotatable bonds is 5. The second-order valence-electron chi connectivity index (χ2n) is 5.60.